The molecule has 0 bridgehead atoms. The molecule has 1 saturated carbocycles. The Balaban J connectivity index is 1.25. The maximum Gasteiger partial charge on any atom is 0.227 e. The van der Waals surface area contributed by atoms with Crippen molar-refractivity contribution in [1.29, 1.82) is 0 Å². The maximum absolute atomic E-state index is 14.1. The van der Waals surface area contributed by atoms with Gasteiger partial charge in [0.2, 0.25) is 5.91 Å². The molecule has 0 aromatic carbocycles. The highest BCUT2D eigenvalue weighted by molar-refractivity contribution is 5.80. The standard InChI is InChI=1S/C31H49N3O5/c1-37-13-2-3-23-17-24(19-27(18-23)39-16-12-33-10-14-38-15-11-33)21-34(26-5-6-26)31(36)30-20-32-9-8-29(30)28-7-4-25(28)22-35/h4,7,17,19,23,25-26,28-30,32,35H,2-3,5-6,8-16,18,20-22H2,1H3/t23-,25?,28?,29+,30-/m0/s1. The number of piperidine rings is 1. The molecule has 2 saturated heterocycles. The molecule has 1 amide bonds. The lowest BCUT2D eigenvalue weighted by atomic mass is 9.66. The fourth-order valence-corrected chi connectivity index (χ4v) is 6.77. The number of allylic oxidation sites excluding steroid dienone is 3. The number of methoxy groups -OCH3 is 1. The largest absolute Gasteiger partial charge is 0.497 e. The molecule has 2 aliphatic heterocycles. The average molecular weight is 544 g/mol. The van der Waals surface area contributed by atoms with Gasteiger partial charge in [-0.1, -0.05) is 18.2 Å². The van der Waals surface area contributed by atoms with Crippen LogP contribution in [0.5, 0.6) is 0 Å². The summed E-state index contributed by atoms with van der Waals surface area (Å²) < 4.78 is 17.1. The van der Waals surface area contributed by atoms with Crippen LogP contribution in [0.25, 0.3) is 0 Å². The molecule has 218 valence electrons. The first-order chi connectivity index (χ1) is 19.2. The Morgan fingerprint density at radius 1 is 1.21 bits per heavy atom. The van der Waals surface area contributed by atoms with Crippen LogP contribution >= 0.6 is 0 Å². The lowest BCUT2D eigenvalue weighted by Gasteiger charge is -2.43. The predicted molar refractivity (Wildman–Crippen MR) is 151 cm³/mol. The van der Waals surface area contributed by atoms with Gasteiger partial charge in [-0.3, -0.25) is 9.69 Å². The minimum Gasteiger partial charge on any atom is -0.497 e. The number of amides is 1. The van der Waals surface area contributed by atoms with Crippen LogP contribution in [0.15, 0.2) is 35.6 Å². The van der Waals surface area contributed by atoms with Crippen molar-refractivity contribution >= 4 is 5.91 Å². The summed E-state index contributed by atoms with van der Waals surface area (Å²) >= 11 is 0. The third-order valence-corrected chi connectivity index (χ3v) is 9.24. The second-order valence-corrected chi connectivity index (χ2v) is 12.0. The molecule has 8 nitrogen and oxygen atoms in total. The van der Waals surface area contributed by atoms with Gasteiger partial charge in [0.25, 0.3) is 0 Å². The zero-order chi connectivity index (χ0) is 27.0. The molecule has 3 fully saturated rings. The zero-order valence-electron chi connectivity index (χ0n) is 23.8. The second-order valence-electron chi connectivity index (χ2n) is 12.0. The summed E-state index contributed by atoms with van der Waals surface area (Å²) in [6, 6.07) is 0.347. The number of nitrogens with zero attached hydrogens (tertiary/aromatic N) is 2. The maximum atomic E-state index is 14.1. The molecule has 5 atom stereocenters. The molecule has 0 aromatic heterocycles. The van der Waals surface area contributed by atoms with Crippen LogP contribution in [0, 0.1) is 29.6 Å². The molecule has 3 aliphatic carbocycles. The van der Waals surface area contributed by atoms with Crippen molar-refractivity contribution in [2.45, 2.75) is 44.6 Å². The predicted octanol–water partition coefficient (Wildman–Crippen LogP) is 2.60. The number of carbonyl (C=O) groups is 1. The Kier molecular flexibility index (Phi) is 10.5. The van der Waals surface area contributed by atoms with Crippen molar-refractivity contribution in [2.24, 2.45) is 29.6 Å². The molecule has 8 heteroatoms. The highest BCUT2D eigenvalue weighted by Gasteiger charge is 2.44. The number of ether oxygens (including phenoxy) is 3. The molecule has 0 spiro atoms. The summed E-state index contributed by atoms with van der Waals surface area (Å²) in [5.41, 5.74) is 1.21. The van der Waals surface area contributed by atoms with Crippen molar-refractivity contribution in [3.05, 3.63) is 35.6 Å². The molecule has 2 heterocycles. The number of rotatable bonds is 14. The topological polar surface area (TPSA) is 83.5 Å². The Morgan fingerprint density at radius 3 is 2.77 bits per heavy atom. The molecule has 0 radical (unpaired) electrons. The van der Waals surface area contributed by atoms with E-state index in [1.807, 2.05) is 0 Å². The van der Waals surface area contributed by atoms with Gasteiger partial charge in [0, 0.05) is 71.4 Å². The van der Waals surface area contributed by atoms with E-state index in [-0.39, 0.29) is 24.3 Å². The van der Waals surface area contributed by atoms with E-state index in [1.54, 1.807) is 7.11 Å². The van der Waals surface area contributed by atoms with Crippen LogP contribution in [-0.2, 0) is 19.0 Å². The monoisotopic (exact) mass is 543 g/mol. The fourth-order valence-electron chi connectivity index (χ4n) is 6.77. The Labute approximate surface area is 234 Å². The summed E-state index contributed by atoms with van der Waals surface area (Å²) in [7, 11) is 1.76. The molecule has 2 N–H and O–H groups in total. The third-order valence-electron chi connectivity index (χ3n) is 9.24. The number of hydrogen-bond donors (Lipinski definition) is 2. The van der Waals surface area contributed by atoms with E-state index >= 15 is 0 Å². The lowest BCUT2D eigenvalue weighted by molar-refractivity contribution is -0.139. The normalized spacial score (nSPS) is 31.3. The fraction of sp³-hybridized carbons (Fsp3) is 0.774. The molecule has 2 unspecified atom stereocenters. The van der Waals surface area contributed by atoms with Crippen molar-refractivity contribution in [2.75, 3.05) is 79.4 Å². The van der Waals surface area contributed by atoms with Crippen LogP contribution in [0.1, 0.15) is 38.5 Å². The minimum absolute atomic E-state index is 0.0294. The van der Waals surface area contributed by atoms with Crippen LogP contribution in [0.2, 0.25) is 0 Å². The third kappa shape index (κ3) is 7.73. The first-order valence-corrected chi connectivity index (χ1v) is 15.3. The number of nitrogens with one attached hydrogen (secondary N) is 1. The summed E-state index contributed by atoms with van der Waals surface area (Å²) in [6.45, 7) is 8.44. The van der Waals surface area contributed by atoms with Crippen molar-refractivity contribution < 1.29 is 24.1 Å². The van der Waals surface area contributed by atoms with E-state index in [1.165, 1.54) is 5.57 Å². The molecule has 5 rings (SSSR count). The molecular formula is C31H49N3O5. The van der Waals surface area contributed by atoms with Gasteiger partial charge >= 0.3 is 0 Å². The first kappa shape index (κ1) is 28.8. The highest BCUT2D eigenvalue weighted by atomic mass is 16.5. The van der Waals surface area contributed by atoms with Gasteiger partial charge in [-0.15, -0.1) is 0 Å². The van der Waals surface area contributed by atoms with Gasteiger partial charge in [0.05, 0.1) is 24.9 Å². The smallest absolute Gasteiger partial charge is 0.227 e. The zero-order valence-corrected chi connectivity index (χ0v) is 23.8. The number of aliphatic hydroxyl groups is 1. The van der Waals surface area contributed by atoms with E-state index in [0.717, 1.165) is 96.8 Å². The second kappa shape index (κ2) is 14.3. The van der Waals surface area contributed by atoms with Crippen molar-refractivity contribution in [3.63, 3.8) is 0 Å². The van der Waals surface area contributed by atoms with Crippen molar-refractivity contribution in [3.8, 4) is 0 Å². The van der Waals surface area contributed by atoms with E-state index < -0.39 is 0 Å². The van der Waals surface area contributed by atoms with E-state index in [2.05, 4.69) is 39.4 Å². The Hall–Kier alpha value is -1.71. The van der Waals surface area contributed by atoms with E-state index in [9.17, 15) is 9.90 Å². The number of carbonyl (C=O) groups excluding carboxylic acids is 1. The summed E-state index contributed by atoms with van der Waals surface area (Å²) in [4.78, 5) is 18.7. The summed E-state index contributed by atoms with van der Waals surface area (Å²) in [6.07, 6.45) is 15.1. The number of morpholine rings is 1. The van der Waals surface area contributed by atoms with E-state index in [0.29, 0.717) is 36.9 Å². The Bertz CT molecular complexity index is 895. The van der Waals surface area contributed by atoms with Gasteiger partial charge in [-0.25, -0.2) is 0 Å². The summed E-state index contributed by atoms with van der Waals surface area (Å²) in [5.74, 6) is 2.54. The number of hydrogen-bond acceptors (Lipinski definition) is 7. The molecule has 0 aromatic rings. The SMILES string of the molecule is COCCC[C@H]1C=C(CN(C(=O)[C@H]2CNCC[C@@H]2C2C=CC2CO)C2CC2)C=C(OCCN2CCOCC2)C1. The van der Waals surface area contributed by atoms with Crippen LogP contribution < -0.4 is 5.32 Å². The van der Waals surface area contributed by atoms with Gasteiger partial charge in [-0.2, -0.15) is 0 Å². The first-order valence-electron chi connectivity index (χ1n) is 15.3. The van der Waals surface area contributed by atoms with Crippen LogP contribution in [0.3, 0.4) is 0 Å². The van der Waals surface area contributed by atoms with Crippen LogP contribution in [0.4, 0.5) is 0 Å². The van der Waals surface area contributed by atoms with Gasteiger partial charge in [0.1, 0.15) is 6.61 Å². The summed E-state index contributed by atoms with van der Waals surface area (Å²) in [5, 5.41) is 13.3. The van der Waals surface area contributed by atoms with Gasteiger partial charge in [0.15, 0.2) is 0 Å². The lowest BCUT2D eigenvalue weighted by Crippen LogP contribution is -2.51. The minimum atomic E-state index is -0.0294. The Morgan fingerprint density at radius 2 is 2.05 bits per heavy atom. The highest BCUT2D eigenvalue weighted by Crippen LogP contribution is 2.41. The quantitative estimate of drug-likeness (QED) is 0.257. The molecular weight excluding hydrogens is 494 g/mol. The van der Waals surface area contributed by atoms with Gasteiger partial charge in [-0.05, 0) is 68.1 Å². The molecule has 39 heavy (non-hydrogen) atoms. The molecule has 5 aliphatic rings. The van der Waals surface area contributed by atoms with Crippen molar-refractivity contribution in [1.82, 2.24) is 15.1 Å². The van der Waals surface area contributed by atoms with Crippen LogP contribution in [-0.4, -0.2) is 106 Å². The van der Waals surface area contributed by atoms with Gasteiger partial charge < -0.3 is 29.5 Å². The average Bonchev–Trinajstić information content (AvgIpc) is 3.78. The number of aliphatic hydroxyl groups excluding tert-OH is 1. The van der Waals surface area contributed by atoms with E-state index in [4.69, 9.17) is 14.2 Å².